The van der Waals surface area contributed by atoms with Crippen molar-refractivity contribution in [2.45, 2.75) is 57.3 Å². The third-order valence-electron chi connectivity index (χ3n) is 6.02. The lowest BCUT2D eigenvalue weighted by Gasteiger charge is -2.32. The monoisotopic (exact) mass is 485 g/mol. The molecule has 34 heavy (non-hydrogen) atoms. The Morgan fingerprint density at radius 1 is 1.09 bits per heavy atom. The number of amides is 2. The Hall–Kier alpha value is -2.87. The summed E-state index contributed by atoms with van der Waals surface area (Å²) in [5, 5.41) is 2.91. The molecule has 0 aromatic heterocycles. The lowest BCUT2D eigenvalue weighted by molar-refractivity contribution is -0.126. The van der Waals surface area contributed by atoms with E-state index in [1.165, 1.54) is 0 Å². The van der Waals surface area contributed by atoms with E-state index < -0.39 is 10.0 Å². The Morgan fingerprint density at radius 3 is 2.44 bits per heavy atom. The fourth-order valence-electron chi connectivity index (χ4n) is 4.01. The van der Waals surface area contributed by atoms with Crippen molar-refractivity contribution in [3.63, 3.8) is 0 Å². The number of hydrogen-bond acceptors (Lipinski definition) is 4. The van der Waals surface area contributed by atoms with Crippen LogP contribution in [0.4, 0.5) is 5.69 Å². The van der Waals surface area contributed by atoms with E-state index in [4.69, 9.17) is 0 Å². The number of rotatable bonds is 7. The highest BCUT2D eigenvalue weighted by atomic mass is 32.2. The van der Waals surface area contributed by atoms with E-state index in [9.17, 15) is 18.0 Å². The van der Waals surface area contributed by atoms with Crippen molar-refractivity contribution in [2.75, 3.05) is 24.4 Å². The molecule has 3 rings (SSSR count). The molecule has 1 fully saturated rings. The summed E-state index contributed by atoms with van der Waals surface area (Å²) in [7, 11) is -3.80. The number of nitrogens with one attached hydrogen (secondary N) is 2. The van der Waals surface area contributed by atoms with E-state index in [1.54, 1.807) is 41.3 Å². The van der Waals surface area contributed by atoms with Gasteiger partial charge in [0.15, 0.2) is 0 Å². The number of piperidine rings is 1. The van der Waals surface area contributed by atoms with E-state index in [1.807, 2.05) is 19.1 Å². The molecule has 2 aromatic carbocycles. The molecule has 0 spiro atoms. The van der Waals surface area contributed by atoms with Crippen molar-refractivity contribution in [3.05, 3.63) is 59.7 Å². The predicted octanol–water partition coefficient (Wildman–Crippen LogP) is 4.16. The van der Waals surface area contributed by atoms with E-state index in [0.717, 1.165) is 24.8 Å². The van der Waals surface area contributed by atoms with Gasteiger partial charge in [-0.25, -0.2) is 8.42 Å². The molecule has 2 aromatic rings. The zero-order valence-corrected chi connectivity index (χ0v) is 21.2. The largest absolute Gasteiger partial charge is 0.356 e. The first kappa shape index (κ1) is 25.7. The molecule has 1 aliphatic heterocycles. The van der Waals surface area contributed by atoms with E-state index >= 15 is 0 Å². The maximum atomic E-state index is 13.1. The highest BCUT2D eigenvalue weighted by Crippen LogP contribution is 2.25. The second-order valence-corrected chi connectivity index (χ2v) is 11.5. The summed E-state index contributed by atoms with van der Waals surface area (Å²) in [4.78, 5) is 27.3. The van der Waals surface area contributed by atoms with Crippen LogP contribution in [0.2, 0.25) is 0 Å². The molecule has 8 heteroatoms. The first-order valence-corrected chi connectivity index (χ1v) is 13.3. The Labute approximate surface area is 203 Å². The average Bonchev–Trinajstić information content (AvgIpc) is 2.81. The van der Waals surface area contributed by atoms with Crippen LogP contribution in [0.1, 0.15) is 62.9 Å². The number of hydrogen-bond donors (Lipinski definition) is 2. The number of anilines is 1. The summed E-state index contributed by atoms with van der Waals surface area (Å²) in [6.07, 6.45) is 2.38. The van der Waals surface area contributed by atoms with E-state index in [0.29, 0.717) is 30.9 Å². The highest BCUT2D eigenvalue weighted by Gasteiger charge is 2.29. The minimum absolute atomic E-state index is 0.0154. The van der Waals surface area contributed by atoms with Crippen molar-refractivity contribution < 1.29 is 18.0 Å². The molecule has 0 unspecified atom stereocenters. The molecular weight excluding hydrogens is 450 g/mol. The van der Waals surface area contributed by atoms with Crippen molar-refractivity contribution in [2.24, 2.45) is 5.92 Å². The Balaban J connectivity index is 1.71. The molecule has 184 valence electrons. The summed E-state index contributed by atoms with van der Waals surface area (Å²) >= 11 is 0. The van der Waals surface area contributed by atoms with Gasteiger partial charge in [-0.15, -0.1) is 0 Å². The molecule has 1 saturated heterocycles. The second-order valence-electron chi connectivity index (χ2n) is 9.84. The molecular formula is C26H35N3O4S. The van der Waals surface area contributed by atoms with Crippen molar-refractivity contribution in [1.29, 1.82) is 0 Å². The first-order valence-electron chi connectivity index (χ1n) is 11.8. The third kappa shape index (κ3) is 6.38. The van der Waals surface area contributed by atoms with Gasteiger partial charge in [0, 0.05) is 30.9 Å². The van der Waals surface area contributed by atoms with Gasteiger partial charge < -0.3 is 10.2 Å². The lowest BCUT2D eigenvalue weighted by atomic mass is 9.87. The molecule has 2 N–H and O–H groups in total. The normalized spacial score (nSPS) is 16.7. The van der Waals surface area contributed by atoms with Gasteiger partial charge in [-0.3, -0.25) is 14.3 Å². The van der Waals surface area contributed by atoms with Crippen LogP contribution in [-0.2, 0) is 20.2 Å². The van der Waals surface area contributed by atoms with Crippen molar-refractivity contribution in [3.8, 4) is 0 Å². The molecule has 1 atom stereocenters. The van der Waals surface area contributed by atoms with Crippen LogP contribution in [0.25, 0.3) is 0 Å². The van der Waals surface area contributed by atoms with Crippen molar-refractivity contribution in [1.82, 2.24) is 10.2 Å². The Bertz CT molecular complexity index is 1120. The molecule has 2 amide bonds. The SMILES string of the molecule is CCCNC(=O)[C@@H]1CCCN(C(=O)c2cccc(NS(=O)(=O)c3ccc(C(C)(C)C)cc3)c2)C1. The number of nitrogens with zero attached hydrogens (tertiary/aromatic N) is 1. The zero-order valence-electron chi connectivity index (χ0n) is 20.4. The van der Waals surface area contributed by atoms with E-state index in [-0.39, 0.29) is 28.0 Å². The maximum absolute atomic E-state index is 13.1. The van der Waals surface area contributed by atoms with Crippen LogP contribution in [-0.4, -0.2) is 44.8 Å². The van der Waals surface area contributed by atoms with Crippen LogP contribution in [0, 0.1) is 5.92 Å². The molecule has 1 heterocycles. The van der Waals surface area contributed by atoms with Crippen LogP contribution >= 0.6 is 0 Å². The van der Waals surface area contributed by atoms with Crippen molar-refractivity contribution >= 4 is 27.5 Å². The van der Waals surface area contributed by atoms with Crippen LogP contribution in [0.15, 0.2) is 53.4 Å². The number of benzene rings is 2. The fraction of sp³-hybridized carbons (Fsp3) is 0.462. The van der Waals surface area contributed by atoms with Gasteiger partial charge in [0.05, 0.1) is 10.8 Å². The minimum Gasteiger partial charge on any atom is -0.356 e. The number of carbonyl (C=O) groups is 2. The first-order chi connectivity index (χ1) is 16.0. The van der Waals surface area contributed by atoms with Crippen LogP contribution in [0.3, 0.4) is 0 Å². The molecule has 0 bridgehead atoms. The molecule has 0 aliphatic carbocycles. The fourth-order valence-corrected chi connectivity index (χ4v) is 5.06. The third-order valence-corrected chi connectivity index (χ3v) is 7.42. The molecule has 7 nitrogen and oxygen atoms in total. The second kappa shape index (κ2) is 10.6. The predicted molar refractivity (Wildman–Crippen MR) is 134 cm³/mol. The standard InChI is InChI=1S/C26H35N3O4S/c1-5-15-27-24(30)20-9-7-16-29(18-20)25(31)19-8-6-10-22(17-19)28-34(32,33)23-13-11-21(12-14-23)26(2,3)4/h6,8,10-14,17,20,28H,5,7,9,15-16,18H2,1-4H3,(H,27,30)/t20-/m1/s1. The average molecular weight is 486 g/mol. The summed E-state index contributed by atoms with van der Waals surface area (Å²) in [5.41, 5.74) is 1.68. The van der Waals surface area contributed by atoms with Gasteiger partial charge >= 0.3 is 0 Å². The number of likely N-dealkylation sites (tertiary alicyclic amines) is 1. The summed E-state index contributed by atoms with van der Waals surface area (Å²) in [6, 6.07) is 13.3. The van der Waals surface area contributed by atoms with Gasteiger partial charge in [0.1, 0.15) is 0 Å². The quantitative estimate of drug-likeness (QED) is 0.615. The van der Waals surface area contributed by atoms with Gasteiger partial charge in [-0.1, -0.05) is 45.9 Å². The van der Waals surface area contributed by atoms with Crippen LogP contribution < -0.4 is 10.0 Å². The number of sulfonamides is 1. The minimum atomic E-state index is -3.80. The molecule has 0 saturated carbocycles. The van der Waals surface area contributed by atoms with Gasteiger partial charge in [0.2, 0.25) is 5.91 Å². The summed E-state index contributed by atoms with van der Waals surface area (Å²) in [6.45, 7) is 9.78. The van der Waals surface area contributed by atoms with Gasteiger partial charge in [-0.05, 0) is 60.6 Å². The smallest absolute Gasteiger partial charge is 0.261 e. The lowest BCUT2D eigenvalue weighted by Crippen LogP contribution is -2.45. The maximum Gasteiger partial charge on any atom is 0.261 e. The van der Waals surface area contributed by atoms with Gasteiger partial charge in [-0.2, -0.15) is 0 Å². The zero-order chi connectivity index (χ0) is 24.9. The molecule has 0 radical (unpaired) electrons. The van der Waals surface area contributed by atoms with Gasteiger partial charge in [0.25, 0.3) is 15.9 Å². The summed E-state index contributed by atoms with van der Waals surface area (Å²) < 4.78 is 28.4. The highest BCUT2D eigenvalue weighted by molar-refractivity contribution is 7.92. The summed E-state index contributed by atoms with van der Waals surface area (Å²) in [5.74, 6) is -0.441. The van der Waals surface area contributed by atoms with E-state index in [2.05, 4.69) is 30.8 Å². The Morgan fingerprint density at radius 2 is 1.79 bits per heavy atom. The topological polar surface area (TPSA) is 95.6 Å². The molecule has 1 aliphatic rings. The number of carbonyl (C=O) groups excluding carboxylic acids is 2. The Kier molecular flexibility index (Phi) is 8.02. The van der Waals surface area contributed by atoms with Crippen LogP contribution in [0.5, 0.6) is 0 Å².